The van der Waals surface area contributed by atoms with E-state index in [1.54, 1.807) is 0 Å². The SMILES string of the molecule is O=S1(=O)CSOCCO1. The number of rotatable bonds is 0. The van der Waals surface area contributed by atoms with Gasteiger partial charge in [-0.25, -0.2) is 0 Å². The highest BCUT2D eigenvalue weighted by Gasteiger charge is 2.14. The van der Waals surface area contributed by atoms with Crippen LogP contribution in [-0.2, 0) is 18.5 Å². The van der Waals surface area contributed by atoms with E-state index in [4.69, 9.17) is 4.18 Å². The molecule has 54 valence electrons. The smallest absolute Gasteiger partial charge is 0.279 e. The molecular weight excluding hydrogens is 164 g/mol. The highest BCUT2D eigenvalue weighted by molar-refractivity contribution is 8.08. The van der Waals surface area contributed by atoms with E-state index < -0.39 is 10.1 Å². The van der Waals surface area contributed by atoms with Crippen molar-refractivity contribution in [1.82, 2.24) is 0 Å². The van der Waals surface area contributed by atoms with Gasteiger partial charge in [-0.3, -0.25) is 4.18 Å². The van der Waals surface area contributed by atoms with E-state index in [1.165, 1.54) is 0 Å². The van der Waals surface area contributed by atoms with Gasteiger partial charge in [0.15, 0.2) is 0 Å². The van der Waals surface area contributed by atoms with Crippen molar-refractivity contribution >= 4 is 22.2 Å². The van der Waals surface area contributed by atoms with Gasteiger partial charge in [0.2, 0.25) is 0 Å². The summed E-state index contributed by atoms with van der Waals surface area (Å²) in [5.74, 6) is 0. The molecule has 0 unspecified atom stereocenters. The highest BCUT2D eigenvalue weighted by Crippen LogP contribution is 2.12. The van der Waals surface area contributed by atoms with Crippen molar-refractivity contribution < 1.29 is 16.8 Å². The topological polar surface area (TPSA) is 52.6 Å². The Morgan fingerprint density at radius 1 is 1.33 bits per heavy atom. The van der Waals surface area contributed by atoms with E-state index in [9.17, 15) is 8.42 Å². The van der Waals surface area contributed by atoms with Crippen molar-refractivity contribution in [2.75, 3.05) is 18.3 Å². The van der Waals surface area contributed by atoms with E-state index in [0.717, 1.165) is 12.0 Å². The van der Waals surface area contributed by atoms with Gasteiger partial charge < -0.3 is 4.18 Å². The lowest BCUT2D eigenvalue weighted by molar-refractivity contribution is 0.252. The minimum Gasteiger partial charge on any atom is -0.312 e. The zero-order chi connectivity index (χ0) is 6.74. The molecule has 0 atom stereocenters. The molecular formula is C3H6O4S2. The Bertz CT molecular complexity index is 158. The molecule has 0 aromatic heterocycles. The molecule has 4 nitrogen and oxygen atoms in total. The summed E-state index contributed by atoms with van der Waals surface area (Å²) in [6.07, 6.45) is 0. The van der Waals surface area contributed by atoms with Crippen LogP contribution in [0.2, 0.25) is 0 Å². The molecule has 0 radical (unpaired) electrons. The molecule has 0 N–H and O–H groups in total. The summed E-state index contributed by atoms with van der Waals surface area (Å²) in [4.78, 5) is 0. The van der Waals surface area contributed by atoms with Crippen LogP contribution in [0.25, 0.3) is 0 Å². The summed E-state index contributed by atoms with van der Waals surface area (Å²) in [5.41, 5.74) is 0. The quantitative estimate of drug-likeness (QED) is 0.377. The van der Waals surface area contributed by atoms with E-state index in [0.29, 0.717) is 6.61 Å². The van der Waals surface area contributed by atoms with Gasteiger partial charge in [0.1, 0.15) is 5.08 Å². The third kappa shape index (κ3) is 2.53. The van der Waals surface area contributed by atoms with Gasteiger partial charge in [-0.05, 0) is 0 Å². The minimum absolute atomic E-state index is 0.104. The first kappa shape index (κ1) is 7.33. The molecule has 1 aliphatic heterocycles. The van der Waals surface area contributed by atoms with E-state index in [1.807, 2.05) is 0 Å². The Labute approximate surface area is 57.9 Å². The van der Waals surface area contributed by atoms with Crippen molar-refractivity contribution in [1.29, 1.82) is 0 Å². The summed E-state index contributed by atoms with van der Waals surface area (Å²) in [7, 11) is -3.28. The number of hydrogen-bond donors (Lipinski definition) is 0. The molecule has 0 bridgehead atoms. The highest BCUT2D eigenvalue weighted by atomic mass is 32.3. The standard InChI is InChI=1S/C3H6O4S2/c4-9(5)3-8-6-1-2-7-9/h1-3H2. The zero-order valence-electron chi connectivity index (χ0n) is 4.57. The van der Waals surface area contributed by atoms with Crippen LogP contribution in [0.5, 0.6) is 0 Å². The van der Waals surface area contributed by atoms with Gasteiger partial charge in [-0.2, -0.15) is 8.42 Å². The van der Waals surface area contributed by atoms with Crippen molar-refractivity contribution in [3.8, 4) is 0 Å². The Morgan fingerprint density at radius 2 is 2.11 bits per heavy atom. The fourth-order valence-corrected chi connectivity index (χ4v) is 1.90. The maximum absolute atomic E-state index is 10.5. The van der Waals surface area contributed by atoms with E-state index in [-0.39, 0.29) is 11.7 Å². The molecule has 1 heterocycles. The van der Waals surface area contributed by atoms with Crippen LogP contribution in [0.15, 0.2) is 0 Å². The van der Waals surface area contributed by atoms with Crippen LogP contribution in [-0.4, -0.2) is 26.7 Å². The summed E-state index contributed by atoms with van der Waals surface area (Å²) < 4.78 is 30.3. The van der Waals surface area contributed by atoms with Crippen molar-refractivity contribution in [2.24, 2.45) is 0 Å². The van der Waals surface area contributed by atoms with Crippen molar-refractivity contribution in [3.05, 3.63) is 0 Å². The van der Waals surface area contributed by atoms with Crippen LogP contribution < -0.4 is 0 Å². The molecule has 0 aliphatic carbocycles. The summed E-state index contributed by atoms with van der Waals surface area (Å²) in [5, 5.41) is -0.104. The fraction of sp³-hybridized carbons (Fsp3) is 1.00. The second-order valence-electron chi connectivity index (χ2n) is 1.44. The normalized spacial score (nSPS) is 27.1. The van der Waals surface area contributed by atoms with Gasteiger partial charge in [0.05, 0.1) is 13.2 Å². The average Bonchev–Trinajstić information content (AvgIpc) is 1.92. The van der Waals surface area contributed by atoms with E-state index >= 15 is 0 Å². The maximum atomic E-state index is 10.5. The summed E-state index contributed by atoms with van der Waals surface area (Å²) >= 11 is 0.910. The van der Waals surface area contributed by atoms with Crippen LogP contribution in [0, 0.1) is 0 Å². The molecule has 0 amide bonds. The Hall–Kier alpha value is 0.220. The van der Waals surface area contributed by atoms with Crippen molar-refractivity contribution in [2.45, 2.75) is 0 Å². The second kappa shape index (κ2) is 2.87. The molecule has 0 saturated carbocycles. The molecule has 0 aromatic carbocycles. The third-order valence-corrected chi connectivity index (χ3v) is 3.10. The first-order valence-corrected chi connectivity index (χ1v) is 4.81. The van der Waals surface area contributed by atoms with Crippen LogP contribution in [0.1, 0.15) is 0 Å². The molecule has 6 heteroatoms. The fourth-order valence-electron chi connectivity index (χ4n) is 0.381. The lowest BCUT2D eigenvalue weighted by Crippen LogP contribution is -2.06. The molecule has 0 spiro atoms. The molecule has 1 aliphatic rings. The lowest BCUT2D eigenvalue weighted by Gasteiger charge is -1.93. The molecule has 1 fully saturated rings. The second-order valence-corrected chi connectivity index (χ2v) is 4.20. The lowest BCUT2D eigenvalue weighted by atomic mass is 10.8. The average molecular weight is 170 g/mol. The summed E-state index contributed by atoms with van der Waals surface area (Å²) in [6, 6.07) is 0. The minimum atomic E-state index is -3.28. The Morgan fingerprint density at radius 3 is 2.89 bits per heavy atom. The van der Waals surface area contributed by atoms with Gasteiger partial charge in [0.25, 0.3) is 10.1 Å². The monoisotopic (exact) mass is 170 g/mol. The van der Waals surface area contributed by atoms with Crippen LogP contribution in [0.4, 0.5) is 0 Å². The van der Waals surface area contributed by atoms with Gasteiger partial charge >= 0.3 is 0 Å². The Kier molecular flexibility index (Phi) is 2.34. The van der Waals surface area contributed by atoms with Gasteiger partial charge in [0, 0.05) is 12.0 Å². The first-order valence-electron chi connectivity index (χ1n) is 2.32. The third-order valence-electron chi connectivity index (χ3n) is 0.705. The predicted octanol–water partition coefficient (Wildman–Crippen LogP) is -0.0313. The van der Waals surface area contributed by atoms with E-state index in [2.05, 4.69) is 4.18 Å². The zero-order valence-corrected chi connectivity index (χ0v) is 6.20. The predicted molar refractivity (Wildman–Crippen MR) is 33.3 cm³/mol. The Balaban J connectivity index is 2.56. The molecule has 1 rings (SSSR count). The van der Waals surface area contributed by atoms with Gasteiger partial charge in [-0.15, -0.1) is 0 Å². The molecule has 9 heavy (non-hydrogen) atoms. The largest absolute Gasteiger partial charge is 0.312 e. The van der Waals surface area contributed by atoms with Crippen LogP contribution >= 0.6 is 12.0 Å². The summed E-state index contributed by atoms with van der Waals surface area (Å²) in [6.45, 7) is 0.471. The molecule has 0 aromatic rings. The molecule has 1 saturated heterocycles. The van der Waals surface area contributed by atoms with Gasteiger partial charge in [-0.1, -0.05) is 0 Å². The maximum Gasteiger partial charge on any atom is 0.279 e. The van der Waals surface area contributed by atoms with Crippen molar-refractivity contribution in [3.63, 3.8) is 0 Å². The van der Waals surface area contributed by atoms with Crippen LogP contribution in [0.3, 0.4) is 0 Å². The first-order chi connectivity index (χ1) is 4.21. The number of hydrogen-bond acceptors (Lipinski definition) is 5.